The highest BCUT2D eigenvalue weighted by Crippen LogP contribution is 1.89. The predicted octanol–water partition coefficient (Wildman–Crippen LogP) is 0.0961. The summed E-state index contributed by atoms with van der Waals surface area (Å²) >= 11 is 0. The van der Waals surface area contributed by atoms with E-state index in [1.165, 1.54) is 0 Å². The minimum Gasteiger partial charge on any atom is -0.385 e. The van der Waals surface area contributed by atoms with Gasteiger partial charge in [0.05, 0.1) is 0 Å². The minimum absolute atomic E-state index is 0.319. The molecule has 0 aromatic carbocycles. The Morgan fingerprint density at radius 2 is 2.20 bits per heavy atom. The molecule has 4 nitrogen and oxygen atoms in total. The van der Waals surface area contributed by atoms with E-state index in [1.54, 1.807) is 7.11 Å². The van der Waals surface area contributed by atoms with E-state index in [-0.39, 0.29) is 0 Å². The van der Waals surface area contributed by atoms with Crippen molar-refractivity contribution in [2.24, 2.45) is 0 Å². The molecule has 0 aliphatic carbocycles. The molecule has 0 atom stereocenters. The molecule has 0 heterocycles. The van der Waals surface area contributed by atoms with Crippen LogP contribution in [-0.4, -0.2) is 28.7 Å². The van der Waals surface area contributed by atoms with Gasteiger partial charge >= 0.3 is 0 Å². The van der Waals surface area contributed by atoms with Crippen molar-refractivity contribution < 1.29 is 13.2 Å². The quantitative estimate of drug-likeness (QED) is 0.491. The van der Waals surface area contributed by atoms with Gasteiger partial charge in [0, 0.05) is 30.9 Å². The standard InChI is InChI=1S/C4H10ClNO3S/c1-9-4-2-3-6-10(5,7)8/h6H,2-4H2,1H3. The molecule has 6 heteroatoms. The molecular formula is C4H10ClNO3S. The van der Waals surface area contributed by atoms with Crippen LogP contribution in [0.5, 0.6) is 0 Å². The molecule has 0 aromatic heterocycles. The summed E-state index contributed by atoms with van der Waals surface area (Å²) in [6.45, 7) is 0.846. The zero-order valence-electron chi connectivity index (χ0n) is 5.63. The van der Waals surface area contributed by atoms with E-state index in [2.05, 4.69) is 9.46 Å². The molecule has 0 saturated carbocycles. The third-order valence-electron chi connectivity index (χ3n) is 0.800. The number of nitrogens with one attached hydrogen (secondary N) is 1. The average Bonchev–Trinajstić information content (AvgIpc) is 1.78. The highest BCUT2D eigenvalue weighted by atomic mass is 35.7. The van der Waals surface area contributed by atoms with Crippen LogP contribution in [0, 0.1) is 0 Å². The summed E-state index contributed by atoms with van der Waals surface area (Å²) in [5.74, 6) is 0. The van der Waals surface area contributed by atoms with Crippen molar-refractivity contribution >= 4 is 19.9 Å². The van der Waals surface area contributed by atoms with E-state index < -0.39 is 9.24 Å². The Hall–Kier alpha value is 0.160. The first-order valence-corrected chi connectivity index (χ1v) is 5.05. The smallest absolute Gasteiger partial charge is 0.297 e. The van der Waals surface area contributed by atoms with Gasteiger partial charge in [0.25, 0.3) is 9.24 Å². The highest BCUT2D eigenvalue weighted by molar-refractivity contribution is 8.12. The maximum Gasteiger partial charge on any atom is 0.297 e. The number of methoxy groups -OCH3 is 1. The second-order valence-corrected chi connectivity index (χ2v) is 4.06. The van der Waals surface area contributed by atoms with Gasteiger partial charge in [-0.1, -0.05) is 0 Å². The van der Waals surface area contributed by atoms with Crippen LogP contribution in [0.4, 0.5) is 0 Å². The molecule has 0 aromatic rings. The van der Waals surface area contributed by atoms with Crippen LogP contribution in [0.2, 0.25) is 0 Å². The number of rotatable bonds is 5. The van der Waals surface area contributed by atoms with Crippen molar-refractivity contribution in [2.45, 2.75) is 6.42 Å². The Morgan fingerprint density at radius 3 is 2.60 bits per heavy atom. The molecule has 0 bridgehead atoms. The third kappa shape index (κ3) is 8.16. The minimum atomic E-state index is -3.54. The number of ether oxygens (including phenoxy) is 1. The maximum atomic E-state index is 10.2. The van der Waals surface area contributed by atoms with Gasteiger partial charge in [-0.25, -0.2) is 4.72 Å². The van der Waals surface area contributed by atoms with Crippen LogP contribution in [0.3, 0.4) is 0 Å². The molecular weight excluding hydrogens is 178 g/mol. The summed E-state index contributed by atoms with van der Waals surface area (Å²) in [6, 6.07) is 0. The maximum absolute atomic E-state index is 10.2. The van der Waals surface area contributed by atoms with Gasteiger partial charge in [-0.15, -0.1) is 0 Å². The topological polar surface area (TPSA) is 55.4 Å². The van der Waals surface area contributed by atoms with Gasteiger partial charge in [-0.3, -0.25) is 0 Å². The average molecular weight is 188 g/mol. The molecule has 0 aliphatic rings. The summed E-state index contributed by atoms with van der Waals surface area (Å²) in [6.07, 6.45) is 0.627. The lowest BCUT2D eigenvalue weighted by Crippen LogP contribution is -2.20. The molecule has 0 rings (SSSR count). The lowest BCUT2D eigenvalue weighted by molar-refractivity contribution is 0.196. The molecule has 10 heavy (non-hydrogen) atoms. The van der Waals surface area contributed by atoms with E-state index in [0.29, 0.717) is 19.6 Å². The first-order chi connectivity index (χ1) is 4.56. The molecule has 0 fully saturated rings. The highest BCUT2D eigenvalue weighted by Gasteiger charge is 2.00. The zero-order chi connectivity index (χ0) is 8.04. The van der Waals surface area contributed by atoms with Crippen molar-refractivity contribution in [2.75, 3.05) is 20.3 Å². The van der Waals surface area contributed by atoms with Gasteiger partial charge in [0.2, 0.25) is 0 Å². The van der Waals surface area contributed by atoms with Crippen LogP contribution in [0.1, 0.15) is 6.42 Å². The number of hydrogen-bond donors (Lipinski definition) is 1. The van der Waals surface area contributed by atoms with Crippen LogP contribution >= 0.6 is 10.7 Å². The van der Waals surface area contributed by atoms with E-state index in [0.717, 1.165) is 0 Å². The lowest BCUT2D eigenvalue weighted by Gasteiger charge is -1.98. The van der Waals surface area contributed by atoms with Crippen LogP contribution < -0.4 is 4.72 Å². The van der Waals surface area contributed by atoms with Crippen LogP contribution in [-0.2, 0) is 14.0 Å². The van der Waals surface area contributed by atoms with Crippen molar-refractivity contribution in [1.82, 2.24) is 4.72 Å². The molecule has 62 valence electrons. The van der Waals surface area contributed by atoms with E-state index >= 15 is 0 Å². The molecule has 0 amide bonds. The Kier molecular flexibility index (Phi) is 4.98. The number of halogens is 1. The van der Waals surface area contributed by atoms with E-state index in [4.69, 9.17) is 10.7 Å². The van der Waals surface area contributed by atoms with Gasteiger partial charge in [-0.2, -0.15) is 8.42 Å². The molecule has 0 aliphatic heterocycles. The second kappa shape index (κ2) is 4.90. The van der Waals surface area contributed by atoms with Crippen molar-refractivity contribution in [3.05, 3.63) is 0 Å². The molecule has 0 spiro atoms. The monoisotopic (exact) mass is 187 g/mol. The SMILES string of the molecule is COCCCNS(=O)(=O)Cl. The fourth-order valence-corrected chi connectivity index (χ4v) is 1.03. The Bertz CT molecular complexity index is 167. The predicted molar refractivity (Wildman–Crippen MR) is 39.3 cm³/mol. The fourth-order valence-electron chi connectivity index (χ4n) is 0.411. The summed E-state index contributed by atoms with van der Waals surface area (Å²) in [5, 5.41) is 0. The first kappa shape index (κ1) is 10.2. The van der Waals surface area contributed by atoms with Gasteiger partial charge in [-0.05, 0) is 6.42 Å². The zero-order valence-corrected chi connectivity index (χ0v) is 7.20. The Balaban J connectivity index is 3.21. The van der Waals surface area contributed by atoms with E-state index in [1.807, 2.05) is 0 Å². The largest absolute Gasteiger partial charge is 0.385 e. The summed E-state index contributed by atoms with van der Waals surface area (Å²) in [7, 11) is 2.85. The van der Waals surface area contributed by atoms with Crippen molar-refractivity contribution in [3.63, 3.8) is 0 Å². The summed E-state index contributed by atoms with van der Waals surface area (Å²) in [4.78, 5) is 0. The third-order valence-corrected chi connectivity index (χ3v) is 1.68. The normalized spacial score (nSPS) is 11.8. The van der Waals surface area contributed by atoms with Crippen molar-refractivity contribution in [1.29, 1.82) is 0 Å². The summed E-state index contributed by atoms with van der Waals surface area (Å²) < 4.78 is 27.2. The number of hydrogen-bond acceptors (Lipinski definition) is 3. The molecule has 0 radical (unpaired) electrons. The second-order valence-electron chi connectivity index (χ2n) is 1.68. The molecule has 1 N–H and O–H groups in total. The Labute approximate surface area is 65.1 Å². The molecule has 0 saturated heterocycles. The van der Waals surface area contributed by atoms with Crippen LogP contribution in [0.25, 0.3) is 0 Å². The summed E-state index contributed by atoms with van der Waals surface area (Å²) in [5.41, 5.74) is 0. The van der Waals surface area contributed by atoms with Crippen LogP contribution in [0.15, 0.2) is 0 Å². The fraction of sp³-hybridized carbons (Fsp3) is 1.00. The van der Waals surface area contributed by atoms with Gasteiger partial charge in [0.1, 0.15) is 0 Å². The Morgan fingerprint density at radius 1 is 1.60 bits per heavy atom. The van der Waals surface area contributed by atoms with Crippen molar-refractivity contribution in [3.8, 4) is 0 Å². The molecule has 0 unspecified atom stereocenters. The van der Waals surface area contributed by atoms with Gasteiger partial charge in [0.15, 0.2) is 0 Å². The first-order valence-electron chi connectivity index (χ1n) is 2.74. The van der Waals surface area contributed by atoms with Gasteiger partial charge < -0.3 is 4.74 Å². The van der Waals surface area contributed by atoms with E-state index in [9.17, 15) is 8.42 Å². The lowest BCUT2D eigenvalue weighted by atomic mass is 10.5.